The maximum Gasteiger partial charge on any atom is 0.257 e. The molecule has 1 aliphatic rings. The lowest BCUT2D eigenvalue weighted by Crippen LogP contribution is -2.49. The van der Waals surface area contributed by atoms with E-state index in [0.29, 0.717) is 59.5 Å². The molecule has 0 unspecified atom stereocenters. The second kappa shape index (κ2) is 12.1. The van der Waals surface area contributed by atoms with Gasteiger partial charge in [0.1, 0.15) is 0 Å². The van der Waals surface area contributed by atoms with Crippen LogP contribution in [0.25, 0.3) is 0 Å². The van der Waals surface area contributed by atoms with Crippen LogP contribution in [0.1, 0.15) is 26.3 Å². The molecule has 3 aromatic carbocycles. The maximum atomic E-state index is 12.9. The predicted octanol–water partition coefficient (Wildman–Crippen LogP) is 4.75. The Kier molecular flexibility index (Phi) is 8.70. The van der Waals surface area contributed by atoms with Gasteiger partial charge in [0.25, 0.3) is 11.8 Å². The first-order valence-corrected chi connectivity index (χ1v) is 12.8. The van der Waals surface area contributed by atoms with E-state index in [0.717, 1.165) is 11.3 Å². The first-order chi connectivity index (χ1) is 18.3. The number of carbonyl (C=O) groups is 2. The Balaban J connectivity index is 1.42. The van der Waals surface area contributed by atoms with Crippen molar-refractivity contribution >= 4 is 52.1 Å². The zero-order chi connectivity index (χ0) is 27.2. The van der Waals surface area contributed by atoms with Gasteiger partial charge in [-0.15, -0.1) is 0 Å². The minimum Gasteiger partial charge on any atom is -0.493 e. The van der Waals surface area contributed by atoms with Gasteiger partial charge < -0.3 is 24.6 Å². The fourth-order valence-electron chi connectivity index (χ4n) is 4.26. The largest absolute Gasteiger partial charge is 0.493 e. The van der Waals surface area contributed by atoms with Gasteiger partial charge in [0.2, 0.25) is 0 Å². The summed E-state index contributed by atoms with van der Waals surface area (Å²) in [4.78, 5) is 29.7. The standard InChI is InChI=1S/C28H29ClN4O4S/c1-18-7-9-19(10-8-18)27(35)33-15-13-32(14-16-33)25-21(29)5-4-6-22(25)30-28(38)31-26(34)20-11-12-23(36-2)24(17-20)37-3/h4-12,17H,13-16H2,1-3H3,(H2,30,31,34,38). The number of halogens is 1. The number of hydrogen-bond acceptors (Lipinski definition) is 6. The first-order valence-electron chi connectivity index (χ1n) is 12.0. The van der Waals surface area contributed by atoms with E-state index in [9.17, 15) is 9.59 Å². The van der Waals surface area contributed by atoms with Gasteiger partial charge in [-0.25, -0.2) is 0 Å². The van der Waals surface area contributed by atoms with Crippen molar-refractivity contribution in [1.29, 1.82) is 0 Å². The first kappa shape index (κ1) is 27.2. The summed E-state index contributed by atoms with van der Waals surface area (Å²) < 4.78 is 10.5. The number of carbonyl (C=O) groups excluding carboxylic acids is 2. The highest BCUT2D eigenvalue weighted by atomic mass is 35.5. The summed E-state index contributed by atoms with van der Waals surface area (Å²) in [5.74, 6) is 0.585. The molecule has 8 nitrogen and oxygen atoms in total. The topological polar surface area (TPSA) is 83.1 Å². The number of nitrogens with zero attached hydrogens (tertiary/aromatic N) is 2. The molecule has 0 atom stereocenters. The fourth-order valence-corrected chi connectivity index (χ4v) is 4.75. The Labute approximate surface area is 232 Å². The zero-order valence-electron chi connectivity index (χ0n) is 21.4. The number of piperazine rings is 1. The van der Waals surface area contributed by atoms with E-state index >= 15 is 0 Å². The molecule has 198 valence electrons. The molecule has 2 amide bonds. The van der Waals surface area contributed by atoms with Crippen molar-refractivity contribution in [3.8, 4) is 11.5 Å². The minimum atomic E-state index is -0.393. The van der Waals surface area contributed by atoms with Crippen molar-refractivity contribution in [2.75, 3.05) is 50.6 Å². The number of nitrogens with one attached hydrogen (secondary N) is 2. The summed E-state index contributed by atoms with van der Waals surface area (Å²) in [7, 11) is 3.03. The molecular weight excluding hydrogens is 524 g/mol. The molecule has 2 N–H and O–H groups in total. The highest BCUT2D eigenvalue weighted by Gasteiger charge is 2.25. The van der Waals surface area contributed by atoms with Gasteiger partial charge in [-0.3, -0.25) is 14.9 Å². The van der Waals surface area contributed by atoms with Gasteiger partial charge in [-0.1, -0.05) is 35.4 Å². The molecule has 10 heteroatoms. The van der Waals surface area contributed by atoms with Crippen molar-refractivity contribution in [1.82, 2.24) is 10.2 Å². The highest BCUT2D eigenvalue weighted by Crippen LogP contribution is 2.35. The predicted molar refractivity (Wildman–Crippen MR) is 154 cm³/mol. The van der Waals surface area contributed by atoms with Crippen molar-refractivity contribution in [2.45, 2.75) is 6.92 Å². The Hall–Kier alpha value is -3.82. The number of hydrogen-bond donors (Lipinski definition) is 2. The van der Waals surface area contributed by atoms with Crippen molar-refractivity contribution < 1.29 is 19.1 Å². The van der Waals surface area contributed by atoms with Crippen LogP contribution in [0.15, 0.2) is 60.7 Å². The molecule has 0 aliphatic carbocycles. The highest BCUT2D eigenvalue weighted by molar-refractivity contribution is 7.80. The number of ether oxygens (including phenoxy) is 2. The summed E-state index contributed by atoms with van der Waals surface area (Å²) in [5.41, 5.74) is 3.59. The van der Waals surface area contributed by atoms with Crippen LogP contribution in [0.4, 0.5) is 11.4 Å². The smallest absolute Gasteiger partial charge is 0.257 e. The summed E-state index contributed by atoms with van der Waals surface area (Å²) in [6.07, 6.45) is 0. The minimum absolute atomic E-state index is 0.0150. The van der Waals surface area contributed by atoms with Crippen molar-refractivity contribution in [2.24, 2.45) is 0 Å². The number of aryl methyl sites for hydroxylation is 1. The van der Waals surface area contributed by atoms with Gasteiger partial charge in [0, 0.05) is 37.3 Å². The molecular formula is C28H29ClN4O4S. The molecule has 0 spiro atoms. The summed E-state index contributed by atoms with van der Waals surface area (Å²) >= 11 is 12.0. The van der Waals surface area contributed by atoms with Crippen LogP contribution in [0.3, 0.4) is 0 Å². The van der Waals surface area contributed by atoms with Crippen LogP contribution < -0.4 is 25.0 Å². The number of rotatable bonds is 6. The summed E-state index contributed by atoms with van der Waals surface area (Å²) in [5, 5.41) is 6.47. The second-order valence-electron chi connectivity index (χ2n) is 8.76. The number of anilines is 2. The van der Waals surface area contributed by atoms with Crippen LogP contribution in [0, 0.1) is 6.92 Å². The average molecular weight is 553 g/mol. The lowest BCUT2D eigenvalue weighted by Gasteiger charge is -2.37. The Bertz CT molecular complexity index is 1340. The molecule has 1 heterocycles. The molecule has 0 radical (unpaired) electrons. The average Bonchev–Trinajstić information content (AvgIpc) is 2.93. The Morgan fingerprint density at radius 1 is 0.895 bits per heavy atom. The number of methoxy groups -OCH3 is 2. The van der Waals surface area contributed by atoms with Crippen LogP contribution in [0.5, 0.6) is 11.5 Å². The fraction of sp³-hybridized carbons (Fsp3) is 0.250. The summed E-state index contributed by atoms with van der Waals surface area (Å²) in [6.45, 7) is 4.30. The number of para-hydroxylation sites is 1. The van der Waals surface area contributed by atoms with E-state index < -0.39 is 5.91 Å². The molecule has 1 saturated heterocycles. The molecule has 0 bridgehead atoms. The molecule has 1 fully saturated rings. The third-order valence-corrected chi connectivity index (χ3v) is 6.80. The van der Waals surface area contributed by atoms with Gasteiger partial charge >= 0.3 is 0 Å². The van der Waals surface area contributed by atoms with Crippen molar-refractivity contribution in [3.63, 3.8) is 0 Å². The van der Waals surface area contributed by atoms with Gasteiger partial charge in [-0.05, 0) is 61.6 Å². The molecule has 4 rings (SSSR count). The van der Waals surface area contributed by atoms with E-state index in [1.165, 1.54) is 14.2 Å². The number of benzene rings is 3. The monoisotopic (exact) mass is 552 g/mol. The molecule has 3 aromatic rings. The van der Waals surface area contributed by atoms with E-state index in [-0.39, 0.29) is 11.0 Å². The van der Waals surface area contributed by atoms with E-state index in [1.54, 1.807) is 24.3 Å². The molecule has 0 saturated carbocycles. The van der Waals surface area contributed by atoms with E-state index in [1.807, 2.05) is 48.2 Å². The van der Waals surface area contributed by atoms with E-state index in [2.05, 4.69) is 15.5 Å². The lowest BCUT2D eigenvalue weighted by molar-refractivity contribution is 0.0746. The number of thiocarbonyl (C=S) groups is 1. The molecule has 0 aromatic heterocycles. The van der Waals surface area contributed by atoms with Crippen LogP contribution in [-0.2, 0) is 0 Å². The van der Waals surface area contributed by atoms with Crippen LogP contribution in [-0.4, -0.2) is 62.2 Å². The third kappa shape index (κ3) is 6.17. The molecule has 38 heavy (non-hydrogen) atoms. The quantitative estimate of drug-likeness (QED) is 0.427. The Morgan fingerprint density at radius 3 is 2.21 bits per heavy atom. The van der Waals surface area contributed by atoms with Crippen LogP contribution in [0.2, 0.25) is 5.02 Å². The molecule has 1 aliphatic heterocycles. The second-order valence-corrected chi connectivity index (χ2v) is 9.57. The third-order valence-electron chi connectivity index (χ3n) is 6.29. The zero-order valence-corrected chi connectivity index (χ0v) is 23.0. The summed E-state index contributed by atoms with van der Waals surface area (Å²) in [6, 6.07) is 17.9. The Morgan fingerprint density at radius 2 is 1.55 bits per heavy atom. The normalized spacial score (nSPS) is 13.1. The van der Waals surface area contributed by atoms with E-state index in [4.69, 9.17) is 33.3 Å². The van der Waals surface area contributed by atoms with Gasteiger partial charge in [0.05, 0.1) is 30.6 Å². The SMILES string of the molecule is COc1ccc(C(=O)NC(=S)Nc2cccc(Cl)c2N2CCN(C(=O)c3ccc(C)cc3)CC2)cc1OC. The maximum absolute atomic E-state index is 12.9. The number of amides is 2. The van der Waals surface area contributed by atoms with Gasteiger partial charge in [0.15, 0.2) is 16.6 Å². The lowest BCUT2D eigenvalue weighted by atomic mass is 10.1. The van der Waals surface area contributed by atoms with Gasteiger partial charge in [-0.2, -0.15) is 0 Å². The van der Waals surface area contributed by atoms with Crippen molar-refractivity contribution in [3.05, 3.63) is 82.4 Å². The van der Waals surface area contributed by atoms with Crippen LogP contribution >= 0.6 is 23.8 Å².